The van der Waals surface area contributed by atoms with Crippen molar-refractivity contribution in [2.45, 2.75) is 32.0 Å². The maximum atomic E-state index is 11.5. The molecular weight excluding hydrogens is 274 g/mol. The number of hydrogen-bond donors (Lipinski definition) is 0. The Morgan fingerprint density at radius 3 is 2.81 bits per heavy atom. The van der Waals surface area contributed by atoms with E-state index in [4.69, 9.17) is 9.15 Å². The van der Waals surface area contributed by atoms with E-state index < -0.39 is 0 Å². The molecule has 0 N–H and O–H groups in total. The van der Waals surface area contributed by atoms with Gasteiger partial charge in [-0.25, -0.2) is 0 Å². The van der Waals surface area contributed by atoms with Crippen LogP contribution in [0.4, 0.5) is 0 Å². The van der Waals surface area contributed by atoms with Crippen molar-refractivity contribution >= 4 is 21.9 Å². The quantitative estimate of drug-likeness (QED) is 0.800. The minimum atomic E-state index is -0.154. The van der Waals surface area contributed by atoms with E-state index in [1.54, 1.807) is 0 Å². The summed E-state index contributed by atoms with van der Waals surface area (Å²) in [5.74, 6) is 0.697. The van der Waals surface area contributed by atoms with Crippen molar-refractivity contribution in [3.05, 3.63) is 22.6 Å². The van der Waals surface area contributed by atoms with Gasteiger partial charge in [0.2, 0.25) is 0 Å². The molecule has 1 fully saturated rings. The van der Waals surface area contributed by atoms with Crippen LogP contribution in [0.5, 0.6) is 0 Å². The zero-order valence-electron chi connectivity index (χ0n) is 9.27. The summed E-state index contributed by atoms with van der Waals surface area (Å²) in [5.41, 5.74) is 0. The number of cyclic esters (lactones) is 1. The number of carbonyl (C=O) groups is 1. The molecule has 1 aromatic rings. The third-order valence-corrected chi connectivity index (χ3v) is 3.14. The summed E-state index contributed by atoms with van der Waals surface area (Å²) >= 11 is 3.25. The van der Waals surface area contributed by atoms with Crippen molar-refractivity contribution in [1.29, 1.82) is 0 Å². The predicted molar refractivity (Wildman–Crippen MR) is 61.8 cm³/mol. The molecule has 1 aromatic heterocycles. The van der Waals surface area contributed by atoms with E-state index >= 15 is 0 Å². The van der Waals surface area contributed by atoms with Gasteiger partial charge in [0.25, 0.3) is 0 Å². The summed E-state index contributed by atoms with van der Waals surface area (Å²) in [5, 5.41) is 0. The van der Waals surface area contributed by atoms with Crippen LogP contribution in [0, 0.1) is 0 Å². The maximum Gasteiger partial charge on any atom is 0.323 e. The third kappa shape index (κ3) is 2.47. The number of ether oxygens (including phenoxy) is 1. The lowest BCUT2D eigenvalue weighted by atomic mass is 10.1. The summed E-state index contributed by atoms with van der Waals surface area (Å²) in [6.07, 6.45) is 0.764. The third-order valence-electron chi connectivity index (χ3n) is 2.71. The number of carbonyl (C=O) groups excluding carboxylic acids is 1. The van der Waals surface area contributed by atoms with Crippen molar-refractivity contribution < 1.29 is 13.9 Å². The van der Waals surface area contributed by atoms with Crippen LogP contribution in [0.25, 0.3) is 0 Å². The molecule has 4 nitrogen and oxygen atoms in total. The molecule has 0 amide bonds. The molecule has 2 rings (SSSR count). The number of nitrogens with zero attached hydrogens (tertiary/aromatic N) is 1. The standard InChI is InChI=1S/C11H14BrNO3/c1-7-5-9(11(14)15-7)13(2)6-8-3-4-10(12)16-8/h3-4,7,9H,5-6H2,1-2H3. The van der Waals surface area contributed by atoms with Crippen LogP contribution >= 0.6 is 15.9 Å². The van der Waals surface area contributed by atoms with Gasteiger partial charge in [0, 0.05) is 6.42 Å². The molecule has 0 bridgehead atoms. The molecule has 1 aliphatic rings. The van der Waals surface area contributed by atoms with Gasteiger partial charge in [-0.3, -0.25) is 9.69 Å². The molecule has 0 aliphatic carbocycles. The fourth-order valence-electron chi connectivity index (χ4n) is 1.89. The zero-order chi connectivity index (χ0) is 11.7. The molecule has 0 saturated carbocycles. The second kappa shape index (κ2) is 4.59. The molecule has 2 heterocycles. The number of esters is 1. The average Bonchev–Trinajstić information content (AvgIpc) is 2.73. The molecule has 2 atom stereocenters. The first-order valence-corrected chi connectivity index (χ1v) is 6.00. The number of hydrogen-bond acceptors (Lipinski definition) is 4. The summed E-state index contributed by atoms with van der Waals surface area (Å²) in [6.45, 7) is 2.52. The van der Waals surface area contributed by atoms with Crippen LogP contribution < -0.4 is 0 Å². The number of rotatable bonds is 3. The van der Waals surface area contributed by atoms with E-state index in [1.165, 1.54) is 0 Å². The Labute approximate surface area is 103 Å². The fraction of sp³-hybridized carbons (Fsp3) is 0.545. The normalized spacial score (nSPS) is 25.1. The molecule has 0 spiro atoms. The summed E-state index contributed by atoms with van der Waals surface area (Å²) in [6, 6.07) is 3.59. The van der Waals surface area contributed by atoms with Crippen LogP contribution in [0.15, 0.2) is 21.2 Å². The van der Waals surface area contributed by atoms with E-state index in [0.29, 0.717) is 11.2 Å². The van der Waals surface area contributed by atoms with Gasteiger partial charge in [0.15, 0.2) is 4.67 Å². The van der Waals surface area contributed by atoms with E-state index in [0.717, 1.165) is 12.2 Å². The highest BCUT2D eigenvalue weighted by Gasteiger charge is 2.34. The Morgan fingerprint density at radius 1 is 1.56 bits per heavy atom. The van der Waals surface area contributed by atoms with Crippen molar-refractivity contribution in [2.75, 3.05) is 7.05 Å². The summed E-state index contributed by atoms with van der Waals surface area (Å²) < 4.78 is 11.2. The van der Waals surface area contributed by atoms with E-state index in [9.17, 15) is 4.79 Å². The van der Waals surface area contributed by atoms with E-state index in [2.05, 4.69) is 15.9 Å². The van der Waals surface area contributed by atoms with Crippen LogP contribution in [-0.4, -0.2) is 30.1 Å². The van der Waals surface area contributed by atoms with Gasteiger partial charge in [0.1, 0.15) is 17.9 Å². The molecule has 5 heteroatoms. The first kappa shape index (κ1) is 11.7. The van der Waals surface area contributed by atoms with Gasteiger partial charge < -0.3 is 9.15 Å². The van der Waals surface area contributed by atoms with Gasteiger partial charge in [-0.15, -0.1) is 0 Å². The smallest absolute Gasteiger partial charge is 0.323 e. The minimum Gasteiger partial charge on any atom is -0.461 e. The Hall–Kier alpha value is -0.810. The average molecular weight is 288 g/mol. The molecule has 16 heavy (non-hydrogen) atoms. The van der Waals surface area contributed by atoms with Gasteiger partial charge in [-0.1, -0.05) is 0 Å². The lowest BCUT2D eigenvalue weighted by Crippen LogP contribution is -2.34. The Bertz CT molecular complexity index is 390. The van der Waals surface area contributed by atoms with Gasteiger partial charge >= 0.3 is 5.97 Å². The van der Waals surface area contributed by atoms with Crippen molar-refractivity contribution in [1.82, 2.24) is 4.90 Å². The summed E-state index contributed by atoms with van der Waals surface area (Å²) in [7, 11) is 1.90. The first-order valence-electron chi connectivity index (χ1n) is 5.21. The van der Waals surface area contributed by atoms with E-state index in [-0.39, 0.29) is 18.1 Å². The SMILES string of the molecule is CC1CC(N(C)Cc2ccc(Br)o2)C(=O)O1. The maximum absolute atomic E-state index is 11.5. The molecular formula is C11H14BrNO3. The van der Waals surface area contributed by atoms with Gasteiger partial charge in [0.05, 0.1) is 6.54 Å². The van der Waals surface area contributed by atoms with Crippen molar-refractivity contribution in [2.24, 2.45) is 0 Å². The highest BCUT2D eigenvalue weighted by Crippen LogP contribution is 2.22. The first-order chi connectivity index (χ1) is 7.56. The molecule has 1 saturated heterocycles. The lowest BCUT2D eigenvalue weighted by molar-refractivity contribution is -0.144. The van der Waals surface area contributed by atoms with Crippen molar-refractivity contribution in [3.63, 3.8) is 0 Å². The van der Waals surface area contributed by atoms with Gasteiger partial charge in [-0.05, 0) is 42.0 Å². The van der Waals surface area contributed by atoms with Crippen molar-refractivity contribution in [3.8, 4) is 0 Å². The predicted octanol–water partition coefficient (Wildman–Crippen LogP) is 2.18. The molecule has 0 radical (unpaired) electrons. The van der Waals surface area contributed by atoms with E-state index in [1.807, 2.05) is 31.0 Å². The Balaban J connectivity index is 1.98. The minimum absolute atomic E-state index is 0.0169. The lowest BCUT2D eigenvalue weighted by Gasteiger charge is -2.19. The largest absolute Gasteiger partial charge is 0.461 e. The Kier molecular flexibility index (Phi) is 3.35. The number of halogens is 1. The van der Waals surface area contributed by atoms with Gasteiger partial charge in [-0.2, -0.15) is 0 Å². The highest BCUT2D eigenvalue weighted by atomic mass is 79.9. The second-order valence-corrected chi connectivity index (χ2v) is 4.90. The summed E-state index contributed by atoms with van der Waals surface area (Å²) in [4.78, 5) is 13.5. The molecule has 2 unspecified atom stereocenters. The van der Waals surface area contributed by atoms with Crippen LogP contribution in [0.2, 0.25) is 0 Å². The monoisotopic (exact) mass is 287 g/mol. The second-order valence-electron chi connectivity index (χ2n) is 4.12. The Morgan fingerprint density at radius 2 is 2.31 bits per heavy atom. The van der Waals surface area contributed by atoms with Crippen LogP contribution in [-0.2, 0) is 16.1 Å². The fourth-order valence-corrected chi connectivity index (χ4v) is 2.23. The topological polar surface area (TPSA) is 42.7 Å². The molecule has 1 aliphatic heterocycles. The molecule has 0 aromatic carbocycles. The van der Waals surface area contributed by atoms with Crippen LogP contribution in [0.3, 0.4) is 0 Å². The molecule has 88 valence electrons. The number of likely N-dealkylation sites (N-methyl/N-ethyl adjacent to an activating group) is 1. The highest BCUT2D eigenvalue weighted by molar-refractivity contribution is 9.10. The van der Waals surface area contributed by atoms with Crippen LogP contribution in [0.1, 0.15) is 19.1 Å². The zero-order valence-corrected chi connectivity index (χ0v) is 10.9. The number of furan rings is 1.